The van der Waals surface area contributed by atoms with Crippen LogP contribution in [0.25, 0.3) is 0 Å². The molecule has 16 heavy (non-hydrogen) atoms. The molecule has 0 aromatic carbocycles. The number of nitrogens with one attached hydrogen (secondary N) is 1. The van der Waals surface area contributed by atoms with Crippen molar-refractivity contribution in [3.05, 3.63) is 30.1 Å². The smallest absolute Gasteiger partial charge is 0.251 e. The Hall–Kier alpha value is -1.38. The second-order valence-electron chi connectivity index (χ2n) is 3.91. The van der Waals surface area contributed by atoms with Crippen LogP contribution in [0.15, 0.2) is 24.5 Å². The Bertz CT molecular complexity index is 298. The zero-order valence-electron chi connectivity index (χ0n) is 9.91. The average Bonchev–Trinajstić information content (AvgIpc) is 2.34. The van der Waals surface area contributed by atoms with Crippen LogP contribution in [-0.4, -0.2) is 17.4 Å². The van der Waals surface area contributed by atoms with Gasteiger partial charge < -0.3 is 5.32 Å². The fourth-order valence-electron chi connectivity index (χ4n) is 1.54. The molecule has 0 fully saturated rings. The third kappa shape index (κ3) is 4.91. The molecule has 1 heterocycles. The summed E-state index contributed by atoms with van der Waals surface area (Å²) in [5, 5.41) is 2.91. The molecule has 1 N–H and O–H groups in total. The van der Waals surface area contributed by atoms with Crippen LogP contribution in [0, 0.1) is 0 Å². The number of carbonyl (C=O) groups excluding carboxylic acids is 1. The maximum absolute atomic E-state index is 11.6. The van der Waals surface area contributed by atoms with Gasteiger partial charge in [-0.1, -0.05) is 32.6 Å². The molecule has 0 bridgehead atoms. The fraction of sp³-hybridized carbons (Fsp3) is 0.538. The lowest BCUT2D eigenvalue weighted by molar-refractivity contribution is 0.0953. The number of aromatic nitrogens is 1. The lowest BCUT2D eigenvalue weighted by Crippen LogP contribution is -2.24. The predicted octanol–water partition coefficient (Wildman–Crippen LogP) is 2.78. The van der Waals surface area contributed by atoms with Gasteiger partial charge in [-0.05, 0) is 18.6 Å². The molecule has 3 nitrogen and oxygen atoms in total. The van der Waals surface area contributed by atoms with E-state index in [2.05, 4.69) is 17.2 Å². The number of carbonyl (C=O) groups is 1. The largest absolute Gasteiger partial charge is 0.352 e. The first-order valence-electron chi connectivity index (χ1n) is 6.03. The molecule has 0 radical (unpaired) electrons. The van der Waals surface area contributed by atoms with E-state index >= 15 is 0 Å². The molecule has 1 rings (SSSR count). The lowest BCUT2D eigenvalue weighted by atomic mass is 10.1. The van der Waals surface area contributed by atoms with Gasteiger partial charge >= 0.3 is 0 Å². The van der Waals surface area contributed by atoms with Gasteiger partial charge in [-0.2, -0.15) is 0 Å². The van der Waals surface area contributed by atoms with E-state index in [4.69, 9.17) is 0 Å². The van der Waals surface area contributed by atoms with Crippen LogP contribution in [0.3, 0.4) is 0 Å². The van der Waals surface area contributed by atoms with Crippen LogP contribution in [0.4, 0.5) is 0 Å². The number of hydrogen-bond acceptors (Lipinski definition) is 2. The summed E-state index contributed by atoms with van der Waals surface area (Å²) < 4.78 is 0. The van der Waals surface area contributed by atoms with E-state index in [1.807, 2.05) is 0 Å². The number of hydrogen-bond donors (Lipinski definition) is 1. The van der Waals surface area contributed by atoms with E-state index in [-0.39, 0.29) is 5.91 Å². The van der Waals surface area contributed by atoms with Crippen LogP contribution in [0.1, 0.15) is 49.4 Å². The third-order valence-corrected chi connectivity index (χ3v) is 2.51. The highest BCUT2D eigenvalue weighted by Crippen LogP contribution is 2.01. The van der Waals surface area contributed by atoms with E-state index in [1.54, 1.807) is 24.5 Å². The minimum absolute atomic E-state index is 0.00195. The Morgan fingerprint density at radius 2 is 1.88 bits per heavy atom. The van der Waals surface area contributed by atoms with E-state index < -0.39 is 0 Å². The lowest BCUT2D eigenvalue weighted by Gasteiger charge is -2.04. The van der Waals surface area contributed by atoms with Crippen molar-refractivity contribution in [2.24, 2.45) is 0 Å². The number of pyridine rings is 1. The molecule has 0 saturated heterocycles. The molecule has 0 atom stereocenters. The van der Waals surface area contributed by atoms with E-state index in [0.717, 1.165) is 13.0 Å². The normalized spacial score (nSPS) is 10.1. The number of unbranched alkanes of at least 4 members (excludes halogenated alkanes) is 4. The summed E-state index contributed by atoms with van der Waals surface area (Å²) in [5.41, 5.74) is 0.684. The molecule has 1 aromatic heterocycles. The third-order valence-electron chi connectivity index (χ3n) is 2.51. The highest BCUT2D eigenvalue weighted by atomic mass is 16.1. The minimum atomic E-state index is -0.00195. The first-order valence-corrected chi connectivity index (χ1v) is 6.03. The predicted molar refractivity (Wildman–Crippen MR) is 65.3 cm³/mol. The Labute approximate surface area is 97.3 Å². The standard InChI is InChI=1S/C13H20N2O/c1-2-3-4-5-6-9-15-13(16)12-7-10-14-11-8-12/h7-8,10-11H,2-6,9H2,1H3,(H,15,16). The van der Waals surface area contributed by atoms with Crippen LogP contribution < -0.4 is 5.32 Å². The van der Waals surface area contributed by atoms with Crippen molar-refractivity contribution < 1.29 is 4.79 Å². The molecule has 1 amide bonds. The maximum atomic E-state index is 11.6. The summed E-state index contributed by atoms with van der Waals surface area (Å²) in [5.74, 6) is -0.00195. The summed E-state index contributed by atoms with van der Waals surface area (Å²) in [6.07, 6.45) is 9.34. The van der Waals surface area contributed by atoms with E-state index in [1.165, 1.54) is 25.7 Å². The molecule has 0 saturated carbocycles. The van der Waals surface area contributed by atoms with Gasteiger partial charge in [-0.15, -0.1) is 0 Å². The van der Waals surface area contributed by atoms with Gasteiger partial charge in [0.05, 0.1) is 0 Å². The summed E-state index contributed by atoms with van der Waals surface area (Å²) in [4.78, 5) is 15.5. The topological polar surface area (TPSA) is 42.0 Å². The molecule has 1 aromatic rings. The Morgan fingerprint density at radius 1 is 1.19 bits per heavy atom. The second kappa shape index (κ2) is 7.85. The average molecular weight is 220 g/mol. The summed E-state index contributed by atoms with van der Waals surface area (Å²) in [6.45, 7) is 2.97. The van der Waals surface area contributed by atoms with E-state index in [0.29, 0.717) is 5.56 Å². The monoisotopic (exact) mass is 220 g/mol. The molecule has 0 aliphatic rings. The van der Waals surface area contributed by atoms with E-state index in [9.17, 15) is 4.79 Å². The molecule has 0 aliphatic carbocycles. The van der Waals surface area contributed by atoms with Crippen molar-refractivity contribution in [3.8, 4) is 0 Å². The van der Waals surface area contributed by atoms with Crippen molar-refractivity contribution in [3.63, 3.8) is 0 Å². The molecular formula is C13H20N2O. The van der Waals surface area contributed by atoms with Gasteiger partial charge in [-0.25, -0.2) is 0 Å². The molecule has 0 spiro atoms. The number of nitrogens with zero attached hydrogens (tertiary/aromatic N) is 1. The summed E-state index contributed by atoms with van der Waals surface area (Å²) >= 11 is 0. The van der Waals surface area contributed by atoms with Crippen molar-refractivity contribution in [2.75, 3.05) is 6.54 Å². The van der Waals surface area contributed by atoms with Gasteiger partial charge in [0, 0.05) is 24.5 Å². The highest BCUT2D eigenvalue weighted by Gasteiger charge is 2.02. The molecular weight excluding hydrogens is 200 g/mol. The zero-order valence-corrected chi connectivity index (χ0v) is 9.91. The number of rotatable bonds is 7. The van der Waals surface area contributed by atoms with Crippen molar-refractivity contribution >= 4 is 5.91 Å². The first-order chi connectivity index (χ1) is 7.84. The Balaban J connectivity index is 2.12. The second-order valence-corrected chi connectivity index (χ2v) is 3.91. The van der Waals surface area contributed by atoms with Crippen molar-refractivity contribution in [1.29, 1.82) is 0 Å². The van der Waals surface area contributed by atoms with Gasteiger partial charge in [0.2, 0.25) is 0 Å². The molecule has 0 aliphatic heterocycles. The Morgan fingerprint density at radius 3 is 2.56 bits per heavy atom. The van der Waals surface area contributed by atoms with Crippen LogP contribution in [-0.2, 0) is 0 Å². The quantitative estimate of drug-likeness (QED) is 0.718. The summed E-state index contributed by atoms with van der Waals surface area (Å²) in [6, 6.07) is 3.46. The minimum Gasteiger partial charge on any atom is -0.352 e. The van der Waals surface area contributed by atoms with Gasteiger partial charge in [0.25, 0.3) is 5.91 Å². The first kappa shape index (κ1) is 12.7. The zero-order chi connectivity index (χ0) is 11.6. The van der Waals surface area contributed by atoms with Gasteiger partial charge in [0.1, 0.15) is 0 Å². The van der Waals surface area contributed by atoms with Crippen molar-refractivity contribution in [2.45, 2.75) is 39.0 Å². The highest BCUT2D eigenvalue weighted by molar-refractivity contribution is 5.93. The van der Waals surface area contributed by atoms with Crippen LogP contribution in [0.2, 0.25) is 0 Å². The SMILES string of the molecule is CCCCCCCNC(=O)c1ccncc1. The molecule has 0 unspecified atom stereocenters. The maximum Gasteiger partial charge on any atom is 0.251 e. The van der Waals surface area contributed by atoms with Gasteiger partial charge in [0.15, 0.2) is 0 Å². The molecule has 3 heteroatoms. The van der Waals surface area contributed by atoms with Gasteiger partial charge in [-0.3, -0.25) is 9.78 Å². The Kier molecular flexibility index (Phi) is 6.23. The van der Waals surface area contributed by atoms with Crippen LogP contribution >= 0.6 is 0 Å². The fourth-order valence-corrected chi connectivity index (χ4v) is 1.54. The molecule has 88 valence electrons. The summed E-state index contributed by atoms with van der Waals surface area (Å²) in [7, 11) is 0. The van der Waals surface area contributed by atoms with Crippen LogP contribution in [0.5, 0.6) is 0 Å². The number of amides is 1. The van der Waals surface area contributed by atoms with Crippen molar-refractivity contribution in [1.82, 2.24) is 10.3 Å².